The summed E-state index contributed by atoms with van der Waals surface area (Å²) >= 11 is 0. The van der Waals surface area contributed by atoms with Crippen molar-refractivity contribution in [1.29, 1.82) is 5.26 Å². The Morgan fingerprint density at radius 2 is 2.06 bits per heavy atom. The molecule has 0 aliphatic heterocycles. The maximum absolute atomic E-state index is 14.3. The summed E-state index contributed by atoms with van der Waals surface area (Å²) in [5, 5.41) is 25.5. The largest absolute Gasteiger partial charge is 0.394 e. The van der Waals surface area contributed by atoms with E-state index < -0.39 is 5.82 Å². The third-order valence-corrected chi connectivity index (χ3v) is 5.43. The molecule has 0 radical (unpaired) electrons. The topological polar surface area (TPSA) is 113 Å². The number of nitrogens with zero attached hydrogens (tertiary/aromatic N) is 5. The average Bonchev–Trinajstić information content (AvgIpc) is 3.38. The Labute approximate surface area is 190 Å². The summed E-state index contributed by atoms with van der Waals surface area (Å²) < 4.78 is 23.5. The minimum Gasteiger partial charge on any atom is -0.394 e. The number of nitriles is 1. The van der Waals surface area contributed by atoms with Crippen molar-refractivity contribution in [3.8, 4) is 17.3 Å². The smallest absolute Gasteiger partial charge is 0.156 e. The number of halogens is 1. The van der Waals surface area contributed by atoms with Crippen molar-refractivity contribution in [2.75, 3.05) is 45.3 Å². The van der Waals surface area contributed by atoms with E-state index in [1.165, 1.54) is 12.1 Å². The molecule has 0 saturated heterocycles. The summed E-state index contributed by atoms with van der Waals surface area (Å²) in [6, 6.07) is 8.34. The van der Waals surface area contributed by atoms with Gasteiger partial charge in [-0.15, -0.1) is 0 Å². The second kappa shape index (κ2) is 9.95. The number of hydrogen-bond donors (Lipinski definition) is 3. The van der Waals surface area contributed by atoms with E-state index in [1.54, 1.807) is 19.4 Å². The first kappa shape index (κ1) is 22.7. The monoisotopic (exact) mass is 451 g/mol. The number of nitrogens with one attached hydrogen (secondary N) is 2. The van der Waals surface area contributed by atoms with Crippen LogP contribution in [0.5, 0.6) is 0 Å². The Morgan fingerprint density at radius 3 is 2.82 bits per heavy atom. The van der Waals surface area contributed by atoms with Gasteiger partial charge in [0.15, 0.2) is 5.82 Å². The molecule has 10 heteroatoms. The van der Waals surface area contributed by atoms with Gasteiger partial charge in [-0.05, 0) is 24.3 Å². The van der Waals surface area contributed by atoms with Crippen LogP contribution >= 0.6 is 0 Å². The molecular weight excluding hydrogens is 425 g/mol. The lowest BCUT2D eigenvalue weighted by Crippen LogP contribution is -2.24. The van der Waals surface area contributed by atoms with Crippen LogP contribution in [0.3, 0.4) is 0 Å². The summed E-state index contributed by atoms with van der Waals surface area (Å²) in [7, 11) is 3.73. The number of benzene rings is 1. The normalized spacial score (nSPS) is 11.4. The lowest BCUT2D eigenvalue weighted by Gasteiger charge is -2.13. The Kier molecular flexibility index (Phi) is 6.84. The maximum atomic E-state index is 14.3. The highest BCUT2D eigenvalue weighted by atomic mass is 19.1. The van der Waals surface area contributed by atoms with Gasteiger partial charge in [-0.25, -0.2) is 14.4 Å². The predicted molar refractivity (Wildman–Crippen MR) is 124 cm³/mol. The highest BCUT2D eigenvalue weighted by Crippen LogP contribution is 2.34. The van der Waals surface area contributed by atoms with E-state index in [2.05, 4.69) is 15.6 Å². The third kappa shape index (κ3) is 4.52. The van der Waals surface area contributed by atoms with Gasteiger partial charge in [0, 0.05) is 44.7 Å². The number of hydrogen-bond acceptors (Lipinski definition) is 7. The van der Waals surface area contributed by atoms with Crippen LogP contribution in [0.25, 0.3) is 33.3 Å². The van der Waals surface area contributed by atoms with Crippen molar-refractivity contribution in [1.82, 2.24) is 24.4 Å². The van der Waals surface area contributed by atoms with Gasteiger partial charge in [0.1, 0.15) is 17.0 Å². The highest BCUT2D eigenvalue weighted by molar-refractivity contribution is 6.07. The fourth-order valence-electron chi connectivity index (χ4n) is 3.98. The number of fused-ring (bicyclic) bond motifs is 3. The van der Waals surface area contributed by atoms with E-state index in [9.17, 15) is 9.65 Å². The van der Waals surface area contributed by atoms with Crippen LogP contribution in [-0.4, -0.2) is 64.2 Å². The van der Waals surface area contributed by atoms with Gasteiger partial charge in [0.25, 0.3) is 0 Å². The number of rotatable bonds is 10. The quantitative estimate of drug-likeness (QED) is 0.317. The number of aliphatic hydroxyl groups is 1. The van der Waals surface area contributed by atoms with Crippen LogP contribution in [0.15, 0.2) is 30.6 Å². The van der Waals surface area contributed by atoms with Gasteiger partial charge in [0.2, 0.25) is 0 Å². The average molecular weight is 452 g/mol. The van der Waals surface area contributed by atoms with Crippen molar-refractivity contribution in [2.45, 2.75) is 6.54 Å². The third-order valence-electron chi connectivity index (χ3n) is 5.43. The molecule has 3 N–H and O–H groups in total. The molecule has 0 amide bonds. The number of aromatic nitrogens is 4. The molecule has 0 fully saturated rings. The molecule has 4 rings (SSSR count). The van der Waals surface area contributed by atoms with Crippen LogP contribution in [0.4, 0.5) is 10.2 Å². The summed E-state index contributed by atoms with van der Waals surface area (Å²) in [6.45, 7) is 2.63. The number of pyridine rings is 1. The molecule has 0 atom stereocenters. The highest BCUT2D eigenvalue weighted by Gasteiger charge is 2.19. The summed E-state index contributed by atoms with van der Waals surface area (Å²) in [5.74, 6) is 0.195. The van der Waals surface area contributed by atoms with Crippen LogP contribution in [0.1, 0.15) is 5.56 Å². The molecule has 0 unspecified atom stereocenters. The Balaban J connectivity index is 1.79. The molecule has 0 saturated carbocycles. The van der Waals surface area contributed by atoms with Crippen LogP contribution < -0.4 is 10.6 Å². The number of aliphatic hydroxyl groups excluding tert-OH is 1. The predicted octanol–water partition coefficient (Wildman–Crippen LogP) is 2.24. The molecule has 0 aliphatic carbocycles. The number of imidazole rings is 1. The lowest BCUT2D eigenvalue weighted by atomic mass is 10.1. The maximum Gasteiger partial charge on any atom is 0.156 e. The van der Waals surface area contributed by atoms with E-state index in [4.69, 9.17) is 14.8 Å². The molecule has 9 nitrogen and oxygen atoms in total. The second-order valence-electron chi connectivity index (χ2n) is 7.61. The molecule has 0 aliphatic rings. The molecule has 172 valence electrons. The molecular formula is C23H26FN7O2. The van der Waals surface area contributed by atoms with Gasteiger partial charge >= 0.3 is 0 Å². The zero-order chi connectivity index (χ0) is 23.4. The van der Waals surface area contributed by atoms with Crippen molar-refractivity contribution in [3.63, 3.8) is 0 Å². The van der Waals surface area contributed by atoms with E-state index in [0.717, 1.165) is 27.8 Å². The van der Waals surface area contributed by atoms with Gasteiger partial charge in [-0.2, -0.15) is 5.26 Å². The molecule has 3 heterocycles. The standard InChI is InChI=1S/C23H26FN7O2/c1-26-22-20-21(30(2)14-28-20)18-12-19(16-9-15(13-25)10-17(24)11-16)31(23(18)29-22)5-3-27-4-7-33-8-6-32/h9-12,14,27,32H,3-8H2,1-2H3,(H,26,29). The lowest BCUT2D eigenvalue weighted by molar-refractivity contribution is 0.0939. The summed E-state index contributed by atoms with van der Waals surface area (Å²) in [6.07, 6.45) is 1.74. The van der Waals surface area contributed by atoms with Crippen LogP contribution in [0, 0.1) is 17.1 Å². The Morgan fingerprint density at radius 1 is 1.21 bits per heavy atom. The zero-order valence-corrected chi connectivity index (χ0v) is 18.6. The first-order valence-corrected chi connectivity index (χ1v) is 10.7. The number of ether oxygens (including phenoxy) is 1. The molecule has 0 bridgehead atoms. The number of aryl methyl sites for hydroxylation is 1. The molecule has 0 spiro atoms. The number of anilines is 1. The van der Waals surface area contributed by atoms with Crippen molar-refractivity contribution in [2.24, 2.45) is 7.05 Å². The first-order valence-electron chi connectivity index (χ1n) is 10.7. The molecule has 33 heavy (non-hydrogen) atoms. The second-order valence-corrected chi connectivity index (χ2v) is 7.61. The van der Waals surface area contributed by atoms with Crippen molar-refractivity contribution in [3.05, 3.63) is 42.0 Å². The van der Waals surface area contributed by atoms with E-state index in [-0.39, 0.29) is 12.2 Å². The minimum absolute atomic E-state index is 0.00101. The van der Waals surface area contributed by atoms with Crippen molar-refractivity contribution >= 4 is 27.9 Å². The molecule has 3 aromatic heterocycles. The van der Waals surface area contributed by atoms with Gasteiger partial charge in [-0.3, -0.25) is 0 Å². The SMILES string of the molecule is CNc1nc2c(cc(-c3cc(F)cc(C#N)c3)n2CCNCCOCCO)c2c1ncn2C. The van der Waals surface area contributed by atoms with E-state index >= 15 is 0 Å². The van der Waals surface area contributed by atoms with Crippen molar-refractivity contribution < 1.29 is 14.2 Å². The fraction of sp³-hybridized carbons (Fsp3) is 0.348. The molecule has 1 aromatic carbocycles. The zero-order valence-electron chi connectivity index (χ0n) is 18.6. The van der Waals surface area contributed by atoms with E-state index in [0.29, 0.717) is 44.2 Å². The van der Waals surface area contributed by atoms with Gasteiger partial charge in [-0.1, -0.05) is 0 Å². The van der Waals surface area contributed by atoms with Crippen LogP contribution in [0.2, 0.25) is 0 Å². The van der Waals surface area contributed by atoms with E-state index in [1.807, 2.05) is 28.3 Å². The van der Waals surface area contributed by atoms with Crippen LogP contribution in [-0.2, 0) is 18.3 Å². The Bertz CT molecular complexity index is 1320. The van der Waals surface area contributed by atoms with Gasteiger partial charge in [0.05, 0.1) is 49.0 Å². The summed E-state index contributed by atoms with van der Waals surface area (Å²) in [5.41, 5.74) is 4.06. The fourth-order valence-corrected chi connectivity index (χ4v) is 3.98. The Hall–Kier alpha value is -3.52. The molecule has 4 aromatic rings. The summed E-state index contributed by atoms with van der Waals surface area (Å²) in [4.78, 5) is 9.31. The first-order chi connectivity index (χ1) is 16.1. The van der Waals surface area contributed by atoms with Gasteiger partial charge < -0.3 is 29.6 Å². The minimum atomic E-state index is -0.463.